The Balaban J connectivity index is 2.36. The van der Waals surface area contributed by atoms with E-state index < -0.39 is 5.41 Å². The first-order chi connectivity index (χ1) is 14.2. The quantitative estimate of drug-likeness (QED) is 0.494. The Labute approximate surface area is 179 Å². The number of aryl methyl sites for hydroxylation is 1. The van der Waals surface area contributed by atoms with Crippen molar-refractivity contribution in [1.29, 1.82) is 0 Å². The van der Waals surface area contributed by atoms with E-state index in [9.17, 15) is 9.59 Å². The predicted octanol–water partition coefficient (Wildman–Crippen LogP) is 5.63. The summed E-state index contributed by atoms with van der Waals surface area (Å²) in [6.45, 7) is 11.5. The van der Waals surface area contributed by atoms with Gasteiger partial charge in [-0.05, 0) is 76.0 Å². The number of fused-ring (bicyclic) bond motifs is 1. The minimum atomic E-state index is -0.600. The van der Waals surface area contributed by atoms with Gasteiger partial charge in [-0.15, -0.1) is 0 Å². The van der Waals surface area contributed by atoms with Crippen LogP contribution in [-0.2, 0) is 15.0 Å². The van der Waals surface area contributed by atoms with Gasteiger partial charge in [0.1, 0.15) is 6.29 Å². The molecule has 0 aromatic heterocycles. The Kier molecular flexibility index (Phi) is 6.02. The minimum absolute atomic E-state index is 0.00360. The maximum atomic E-state index is 12.0. The van der Waals surface area contributed by atoms with Gasteiger partial charge < -0.3 is 4.79 Å². The number of nitrogens with zero attached hydrogens (tertiary/aromatic N) is 1. The van der Waals surface area contributed by atoms with Gasteiger partial charge in [-0.25, -0.2) is 0 Å². The maximum Gasteiger partial charge on any atom is 0.152 e. The maximum absolute atomic E-state index is 12.0. The van der Waals surface area contributed by atoms with Crippen molar-refractivity contribution in [3.05, 3.63) is 88.0 Å². The smallest absolute Gasteiger partial charge is 0.152 e. The summed E-state index contributed by atoms with van der Waals surface area (Å²) in [4.78, 5) is 28.8. The third kappa shape index (κ3) is 4.11. The largest absolute Gasteiger partial charge is 0.302 e. The fourth-order valence-electron chi connectivity index (χ4n) is 3.84. The van der Waals surface area contributed by atoms with Crippen LogP contribution in [-0.4, -0.2) is 23.8 Å². The molecule has 0 saturated heterocycles. The van der Waals surface area contributed by atoms with Crippen molar-refractivity contribution in [2.24, 2.45) is 4.99 Å². The number of aldehydes is 1. The Bertz CT molecular complexity index is 1080. The number of aliphatic imine (C=N–C) groups is 1. The number of hydrogen-bond donors (Lipinski definition) is 0. The summed E-state index contributed by atoms with van der Waals surface area (Å²) in [6, 6.07) is 14.3. The lowest BCUT2D eigenvalue weighted by Gasteiger charge is -2.21. The van der Waals surface area contributed by atoms with Crippen molar-refractivity contribution < 1.29 is 9.59 Å². The van der Waals surface area contributed by atoms with E-state index in [1.807, 2.05) is 39.8 Å². The van der Waals surface area contributed by atoms with Crippen LogP contribution in [0.2, 0.25) is 0 Å². The standard InChI is InChI=1S/C27H29NO2/c1-7-22-24(14-18(3)30)19(4)28-26(20-10-8-17(2)9-11-20)23-13-12-21(15-25(22)23)27(5,6)16-29/h7-16,19H,1-6H3/b22-7+,24-14-/t19-/m0/s1. The lowest BCUT2D eigenvalue weighted by atomic mass is 9.81. The van der Waals surface area contributed by atoms with E-state index in [0.29, 0.717) is 0 Å². The zero-order chi connectivity index (χ0) is 22.1. The van der Waals surface area contributed by atoms with Gasteiger partial charge >= 0.3 is 0 Å². The molecule has 0 N–H and O–H groups in total. The fourth-order valence-corrected chi connectivity index (χ4v) is 3.84. The van der Waals surface area contributed by atoms with Gasteiger partial charge in [0.05, 0.1) is 11.8 Å². The van der Waals surface area contributed by atoms with E-state index in [4.69, 9.17) is 4.99 Å². The topological polar surface area (TPSA) is 46.5 Å². The molecule has 3 rings (SSSR count). The lowest BCUT2D eigenvalue weighted by molar-refractivity contribution is -0.113. The molecule has 1 aliphatic heterocycles. The first-order valence-corrected chi connectivity index (χ1v) is 10.3. The van der Waals surface area contributed by atoms with E-state index in [2.05, 4.69) is 43.3 Å². The third-order valence-corrected chi connectivity index (χ3v) is 5.66. The second-order valence-corrected chi connectivity index (χ2v) is 8.53. The van der Waals surface area contributed by atoms with Gasteiger partial charge in [-0.3, -0.25) is 9.79 Å². The normalized spacial score (nSPS) is 19.3. The van der Waals surface area contributed by atoms with Gasteiger partial charge in [0.25, 0.3) is 0 Å². The molecule has 0 unspecified atom stereocenters. The van der Waals surface area contributed by atoms with Crippen molar-refractivity contribution >= 4 is 23.4 Å². The zero-order valence-electron chi connectivity index (χ0n) is 18.6. The SMILES string of the molecule is C/C=C1\C(=C/C(C)=O)[C@H](C)N=C(c2ccc(C)cc2)c2ccc(C(C)(C)C=O)cc21. The van der Waals surface area contributed by atoms with E-state index in [-0.39, 0.29) is 11.8 Å². The van der Waals surface area contributed by atoms with Crippen LogP contribution in [0.25, 0.3) is 5.57 Å². The number of benzene rings is 2. The van der Waals surface area contributed by atoms with Crippen molar-refractivity contribution in [2.45, 2.75) is 53.0 Å². The first kappa shape index (κ1) is 21.6. The van der Waals surface area contributed by atoms with Gasteiger partial charge in [-0.1, -0.05) is 48.0 Å². The molecule has 3 heteroatoms. The molecule has 3 nitrogen and oxygen atoms in total. The highest BCUT2D eigenvalue weighted by Gasteiger charge is 2.28. The van der Waals surface area contributed by atoms with Gasteiger partial charge in [0.2, 0.25) is 0 Å². The van der Waals surface area contributed by atoms with Crippen LogP contribution in [0.4, 0.5) is 0 Å². The highest BCUT2D eigenvalue weighted by molar-refractivity contribution is 6.17. The van der Waals surface area contributed by atoms with Crippen LogP contribution < -0.4 is 0 Å². The second-order valence-electron chi connectivity index (χ2n) is 8.53. The Hall–Kier alpha value is -3.07. The molecule has 1 aliphatic rings. The number of ketones is 1. The molecule has 0 bridgehead atoms. The van der Waals surface area contributed by atoms with E-state index >= 15 is 0 Å². The van der Waals surface area contributed by atoms with Crippen LogP contribution in [0.3, 0.4) is 0 Å². The van der Waals surface area contributed by atoms with Crippen molar-refractivity contribution in [1.82, 2.24) is 0 Å². The summed E-state index contributed by atoms with van der Waals surface area (Å²) in [5, 5.41) is 0. The second kappa shape index (κ2) is 8.35. The number of carbonyl (C=O) groups excluding carboxylic acids is 2. The van der Waals surface area contributed by atoms with Gasteiger partial charge in [-0.2, -0.15) is 0 Å². The summed E-state index contributed by atoms with van der Waals surface area (Å²) in [6.07, 6.45) is 4.70. The predicted molar refractivity (Wildman–Crippen MR) is 124 cm³/mol. The molecular weight excluding hydrogens is 370 g/mol. The summed E-state index contributed by atoms with van der Waals surface area (Å²) in [7, 11) is 0. The van der Waals surface area contributed by atoms with Crippen molar-refractivity contribution in [3.8, 4) is 0 Å². The fraction of sp³-hybridized carbons (Fsp3) is 0.296. The van der Waals surface area contributed by atoms with Crippen molar-refractivity contribution in [3.63, 3.8) is 0 Å². The summed E-state index contributed by atoms with van der Waals surface area (Å²) < 4.78 is 0. The Morgan fingerprint density at radius 1 is 1.07 bits per heavy atom. The molecule has 2 aromatic rings. The number of hydrogen-bond acceptors (Lipinski definition) is 3. The van der Waals surface area contributed by atoms with Crippen LogP contribution in [0, 0.1) is 6.92 Å². The molecule has 2 aromatic carbocycles. The zero-order valence-corrected chi connectivity index (χ0v) is 18.6. The average molecular weight is 400 g/mol. The molecule has 0 aliphatic carbocycles. The molecule has 154 valence electrons. The average Bonchev–Trinajstić information content (AvgIpc) is 2.82. The molecule has 0 spiro atoms. The van der Waals surface area contributed by atoms with Crippen LogP contribution in [0.1, 0.15) is 62.4 Å². The van der Waals surface area contributed by atoms with Crippen molar-refractivity contribution in [2.75, 3.05) is 0 Å². The highest BCUT2D eigenvalue weighted by Crippen LogP contribution is 2.37. The Morgan fingerprint density at radius 3 is 2.30 bits per heavy atom. The monoisotopic (exact) mass is 399 g/mol. The van der Waals surface area contributed by atoms with Gasteiger partial charge in [0.15, 0.2) is 5.78 Å². The number of carbonyl (C=O) groups is 2. The summed E-state index contributed by atoms with van der Waals surface area (Å²) in [5.41, 5.74) is 7.37. The van der Waals surface area contributed by atoms with E-state index in [0.717, 1.165) is 45.4 Å². The number of allylic oxidation sites excluding steroid dienone is 2. The summed E-state index contributed by atoms with van der Waals surface area (Å²) >= 11 is 0. The molecule has 0 amide bonds. The first-order valence-electron chi connectivity index (χ1n) is 10.3. The molecule has 0 fully saturated rings. The number of rotatable bonds is 4. The molecule has 0 saturated carbocycles. The molecule has 1 heterocycles. The Morgan fingerprint density at radius 2 is 1.73 bits per heavy atom. The molecule has 0 radical (unpaired) electrons. The van der Waals surface area contributed by atoms with Crippen LogP contribution >= 0.6 is 0 Å². The van der Waals surface area contributed by atoms with Gasteiger partial charge in [0, 0.05) is 16.5 Å². The van der Waals surface area contributed by atoms with Crippen LogP contribution in [0.15, 0.2) is 65.2 Å². The lowest BCUT2D eigenvalue weighted by Crippen LogP contribution is -2.19. The minimum Gasteiger partial charge on any atom is -0.302 e. The molecule has 30 heavy (non-hydrogen) atoms. The molecule has 1 atom stereocenters. The highest BCUT2D eigenvalue weighted by atomic mass is 16.1. The van der Waals surface area contributed by atoms with E-state index in [1.165, 1.54) is 5.56 Å². The third-order valence-electron chi connectivity index (χ3n) is 5.66. The van der Waals surface area contributed by atoms with Crippen LogP contribution in [0.5, 0.6) is 0 Å². The van der Waals surface area contributed by atoms with E-state index in [1.54, 1.807) is 13.0 Å². The summed E-state index contributed by atoms with van der Waals surface area (Å²) in [5.74, 6) is -0.00360. The molecular formula is C27H29NO2.